The van der Waals surface area contributed by atoms with Gasteiger partial charge in [-0.15, -0.1) is 0 Å². The lowest BCUT2D eigenvalue weighted by Crippen LogP contribution is -2.31. The number of hydrogen-bond donors (Lipinski definition) is 0. The molecule has 0 saturated carbocycles. The van der Waals surface area contributed by atoms with Crippen LogP contribution in [0.4, 0.5) is 0 Å². The maximum atomic E-state index is 11.8. The van der Waals surface area contributed by atoms with Gasteiger partial charge in [-0.3, -0.25) is 9.59 Å². The van der Waals surface area contributed by atoms with Crippen molar-refractivity contribution in [3.63, 3.8) is 0 Å². The Morgan fingerprint density at radius 1 is 0.864 bits per heavy atom. The number of esters is 2. The van der Waals surface area contributed by atoms with E-state index in [2.05, 4.69) is 0 Å². The van der Waals surface area contributed by atoms with Crippen molar-refractivity contribution < 1.29 is 28.5 Å². The van der Waals surface area contributed by atoms with Gasteiger partial charge in [-0.05, 0) is 27.7 Å². The van der Waals surface area contributed by atoms with Gasteiger partial charge in [-0.1, -0.05) is 0 Å². The summed E-state index contributed by atoms with van der Waals surface area (Å²) in [5, 5.41) is 0. The molecule has 6 heteroatoms. The first-order valence-electron chi connectivity index (χ1n) is 7.82. The normalized spacial score (nSPS) is 23.8. The first-order chi connectivity index (χ1) is 10.2. The summed E-state index contributed by atoms with van der Waals surface area (Å²) >= 11 is 0. The molecule has 0 spiro atoms. The van der Waals surface area contributed by atoms with Gasteiger partial charge in [-0.25, -0.2) is 0 Å². The van der Waals surface area contributed by atoms with E-state index in [-0.39, 0.29) is 37.0 Å². The van der Waals surface area contributed by atoms with Crippen LogP contribution in [-0.4, -0.2) is 48.6 Å². The monoisotopic (exact) mass is 314 g/mol. The van der Waals surface area contributed by atoms with Crippen molar-refractivity contribution in [3.8, 4) is 0 Å². The lowest BCUT2D eigenvalue weighted by atomic mass is 10.0. The fraction of sp³-hybridized carbons (Fsp3) is 0.875. The maximum absolute atomic E-state index is 11.8. The molecule has 0 radical (unpaired) electrons. The fourth-order valence-corrected chi connectivity index (χ4v) is 2.47. The molecular formula is C16H26O6. The van der Waals surface area contributed by atoms with Crippen LogP contribution >= 0.6 is 0 Å². The Balaban J connectivity index is 1.65. The van der Waals surface area contributed by atoms with Gasteiger partial charge in [-0.2, -0.15) is 0 Å². The summed E-state index contributed by atoms with van der Waals surface area (Å²) < 4.78 is 21.1. The molecule has 0 aliphatic carbocycles. The predicted molar refractivity (Wildman–Crippen MR) is 78.3 cm³/mol. The van der Waals surface area contributed by atoms with Crippen molar-refractivity contribution in [2.24, 2.45) is 0 Å². The topological polar surface area (TPSA) is 77.7 Å². The largest absolute Gasteiger partial charge is 0.460 e. The molecule has 0 bridgehead atoms. The number of carbonyl (C=O) groups excluding carboxylic acids is 2. The second kappa shape index (κ2) is 6.54. The zero-order valence-electron chi connectivity index (χ0n) is 13.8. The van der Waals surface area contributed by atoms with Crippen molar-refractivity contribution in [3.05, 3.63) is 0 Å². The summed E-state index contributed by atoms with van der Waals surface area (Å²) in [5.74, 6) is -0.767. The van der Waals surface area contributed by atoms with E-state index in [1.54, 1.807) is 0 Å². The Morgan fingerprint density at radius 3 is 1.45 bits per heavy atom. The van der Waals surface area contributed by atoms with Gasteiger partial charge in [0.25, 0.3) is 0 Å². The van der Waals surface area contributed by atoms with Crippen LogP contribution in [-0.2, 0) is 28.5 Å². The smallest absolute Gasteiger partial charge is 0.306 e. The molecule has 2 heterocycles. The Labute approximate surface area is 131 Å². The first kappa shape index (κ1) is 17.2. The summed E-state index contributed by atoms with van der Waals surface area (Å²) in [6.07, 6.45) is 1.81. The molecule has 2 rings (SSSR count). The third-order valence-electron chi connectivity index (χ3n) is 3.56. The highest BCUT2D eigenvalue weighted by molar-refractivity contribution is 5.78. The molecule has 2 atom stereocenters. The van der Waals surface area contributed by atoms with Crippen LogP contribution < -0.4 is 0 Å². The lowest BCUT2D eigenvalue weighted by Gasteiger charge is -2.25. The molecule has 0 amide bonds. The number of hydrogen-bond acceptors (Lipinski definition) is 6. The Bertz CT molecular complexity index is 380. The van der Waals surface area contributed by atoms with Crippen molar-refractivity contribution in [2.75, 3.05) is 13.2 Å². The molecule has 22 heavy (non-hydrogen) atoms. The third-order valence-corrected chi connectivity index (χ3v) is 3.56. The molecule has 0 N–H and O–H groups in total. The van der Waals surface area contributed by atoms with Gasteiger partial charge in [0.05, 0.1) is 38.3 Å². The van der Waals surface area contributed by atoms with E-state index < -0.39 is 11.2 Å². The third kappa shape index (κ3) is 6.75. The van der Waals surface area contributed by atoms with Crippen molar-refractivity contribution in [2.45, 2.75) is 76.8 Å². The van der Waals surface area contributed by atoms with Gasteiger partial charge in [0.15, 0.2) is 0 Å². The minimum atomic E-state index is -0.565. The molecule has 2 aliphatic heterocycles. The number of ether oxygens (including phenoxy) is 4. The van der Waals surface area contributed by atoms with E-state index in [4.69, 9.17) is 18.9 Å². The van der Waals surface area contributed by atoms with E-state index >= 15 is 0 Å². The molecular weight excluding hydrogens is 288 g/mol. The van der Waals surface area contributed by atoms with E-state index in [0.29, 0.717) is 12.8 Å². The number of rotatable bonds is 9. The average Bonchev–Trinajstić information content (AvgIpc) is 3.22. The summed E-state index contributed by atoms with van der Waals surface area (Å²) in [5.41, 5.74) is -1.13. The highest BCUT2D eigenvalue weighted by atomic mass is 16.6. The predicted octanol–water partition coefficient (Wildman–Crippen LogP) is 1.99. The SMILES string of the molecule is CC(C)(CC1CO1)OC(=O)CCC(=O)OC(C)(C)CC1CO1. The van der Waals surface area contributed by atoms with E-state index in [1.807, 2.05) is 27.7 Å². The van der Waals surface area contributed by atoms with Crippen molar-refractivity contribution in [1.82, 2.24) is 0 Å². The second-order valence-corrected chi connectivity index (χ2v) is 7.29. The summed E-state index contributed by atoms with van der Waals surface area (Å²) in [6, 6.07) is 0. The molecule has 2 unspecified atom stereocenters. The van der Waals surface area contributed by atoms with Crippen LogP contribution in [0.1, 0.15) is 53.4 Å². The minimum absolute atomic E-state index is 0.0315. The highest BCUT2D eigenvalue weighted by Crippen LogP contribution is 2.27. The molecule has 0 aromatic carbocycles. The van der Waals surface area contributed by atoms with Crippen LogP contribution in [0.2, 0.25) is 0 Å². The van der Waals surface area contributed by atoms with Crippen LogP contribution in [0, 0.1) is 0 Å². The van der Waals surface area contributed by atoms with E-state index in [1.165, 1.54) is 0 Å². The molecule has 0 aromatic heterocycles. The van der Waals surface area contributed by atoms with Gasteiger partial charge < -0.3 is 18.9 Å². The van der Waals surface area contributed by atoms with Gasteiger partial charge in [0.2, 0.25) is 0 Å². The Hall–Kier alpha value is -1.14. The molecule has 126 valence electrons. The van der Waals surface area contributed by atoms with E-state index in [0.717, 1.165) is 13.2 Å². The number of carbonyl (C=O) groups is 2. The van der Waals surface area contributed by atoms with Gasteiger partial charge >= 0.3 is 11.9 Å². The van der Waals surface area contributed by atoms with Crippen molar-refractivity contribution in [1.29, 1.82) is 0 Å². The van der Waals surface area contributed by atoms with Crippen molar-refractivity contribution >= 4 is 11.9 Å². The van der Waals surface area contributed by atoms with Gasteiger partial charge in [0, 0.05) is 12.8 Å². The standard InChI is InChI=1S/C16H26O6/c1-15(2,7-11-9-19-11)21-13(17)5-6-14(18)22-16(3,4)8-12-10-20-12/h11-12H,5-10H2,1-4H3. The van der Waals surface area contributed by atoms with Crippen LogP contribution in [0.25, 0.3) is 0 Å². The summed E-state index contributed by atoms with van der Waals surface area (Å²) in [6.45, 7) is 8.86. The van der Waals surface area contributed by atoms with Crippen LogP contribution in [0.3, 0.4) is 0 Å². The molecule has 2 aliphatic rings. The highest BCUT2D eigenvalue weighted by Gasteiger charge is 2.35. The summed E-state index contributed by atoms with van der Waals surface area (Å²) in [4.78, 5) is 23.7. The lowest BCUT2D eigenvalue weighted by molar-refractivity contribution is -0.164. The zero-order valence-corrected chi connectivity index (χ0v) is 13.8. The van der Waals surface area contributed by atoms with Crippen LogP contribution in [0.15, 0.2) is 0 Å². The second-order valence-electron chi connectivity index (χ2n) is 7.29. The Morgan fingerprint density at radius 2 is 1.18 bits per heavy atom. The quantitative estimate of drug-likeness (QED) is 0.478. The fourth-order valence-electron chi connectivity index (χ4n) is 2.47. The zero-order chi connectivity index (χ0) is 16.4. The summed E-state index contributed by atoms with van der Waals surface area (Å²) in [7, 11) is 0. The molecule has 6 nitrogen and oxygen atoms in total. The van der Waals surface area contributed by atoms with Crippen LogP contribution in [0.5, 0.6) is 0 Å². The Kier molecular flexibility index (Phi) is 5.12. The molecule has 0 aromatic rings. The maximum Gasteiger partial charge on any atom is 0.306 e. The minimum Gasteiger partial charge on any atom is -0.460 e. The molecule has 2 saturated heterocycles. The first-order valence-corrected chi connectivity index (χ1v) is 7.82. The molecule has 2 fully saturated rings. The average molecular weight is 314 g/mol. The number of epoxide rings is 2. The van der Waals surface area contributed by atoms with E-state index in [9.17, 15) is 9.59 Å². The van der Waals surface area contributed by atoms with Gasteiger partial charge in [0.1, 0.15) is 11.2 Å².